The van der Waals surface area contributed by atoms with Crippen LogP contribution in [0.15, 0.2) is 54.9 Å². The number of benzene rings is 1. The van der Waals surface area contributed by atoms with E-state index in [1.54, 1.807) is 29.2 Å². The smallest absolute Gasteiger partial charge is 0.123 e. The Morgan fingerprint density at radius 3 is 2.52 bits per heavy atom. The second-order valence-electron chi connectivity index (χ2n) is 5.01. The van der Waals surface area contributed by atoms with E-state index in [1.807, 2.05) is 24.3 Å². The molecule has 0 aliphatic rings. The van der Waals surface area contributed by atoms with Crippen LogP contribution in [0.4, 0.5) is 4.39 Å². The SMILES string of the molecule is OC#CCn1nc(-c2ccncc2)cc1Cc1ccc(F)cc1. The van der Waals surface area contributed by atoms with Crippen LogP contribution in [0.1, 0.15) is 11.3 Å². The minimum absolute atomic E-state index is 0.258. The summed E-state index contributed by atoms with van der Waals surface area (Å²) in [6.07, 6.45) is 5.92. The van der Waals surface area contributed by atoms with Crippen molar-refractivity contribution in [2.24, 2.45) is 0 Å². The van der Waals surface area contributed by atoms with E-state index < -0.39 is 0 Å². The molecule has 3 rings (SSSR count). The van der Waals surface area contributed by atoms with Crippen molar-refractivity contribution < 1.29 is 9.50 Å². The van der Waals surface area contributed by atoms with Gasteiger partial charge in [-0.25, -0.2) is 4.39 Å². The van der Waals surface area contributed by atoms with E-state index >= 15 is 0 Å². The van der Waals surface area contributed by atoms with E-state index in [4.69, 9.17) is 5.11 Å². The third-order valence-electron chi connectivity index (χ3n) is 3.45. The number of hydrogen-bond acceptors (Lipinski definition) is 3. The molecular weight excluding hydrogens is 293 g/mol. The van der Waals surface area contributed by atoms with Gasteiger partial charge in [-0.15, -0.1) is 0 Å². The van der Waals surface area contributed by atoms with E-state index in [-0.39, 0.29) is 12.4 Å². The highest BCUT2D eigenvalue weighted by molar-refractivity contribution is 5.58. The summed E-state index contributed by atoms with van der Waals surface area (Å²) in [6, 6.07) is 12.1. The Bertz CT molecular complexity index is 845. The third-order valence-corrected chi connectivity index (χ3v) is 3.45. The van der Waals surface area contributed by atoms with Crippen LogP contribution in [0.3, 0.4) is 0 Å². The molecule has 23 heavy (non-hydrogen) atoms. The van der Waals surface area contributed by atoms with Crippen LogP contribution in [0.5, 0.6) is 0 Å². The van der Waals surface area contributed by atoms with Gasteiger partial charge in [-0.3, -0.25) is 9.67 Å². The van der Waals surface area contributed by atoms with Gasteiger partial charge in [0.15, 0.2) is 0 Å². The zero-order valence-corrected chi connectivity index (χ0v) is 12.3. The number of nitrogens with zero attached hydrogens (tertiary/aromatic N) is 3. The molecule has 0 atom stereocenters. The second kappa shape index (κ2) is 6.75. The lowest BCUT2D eigenvalue weighted by Gasteiger charge is -2.04. The monoisotopic (exact) mass is 307 g/mol. The van der Waals surface area contributed by atoms with E-state index in [0.717, 1.165) is 22.5 Å². The first-order valence-corrected chi connectivity index (χ1v) is 7.10. The molecule has 2 aromatic heterocycles. The van der Waals surface area contributed by atoms with Gasteiger partial charge in [-0.05, 0) is 41.8 Å². The Balaban J connectivity index is 1.94. The molecular formula is C18H14FN3O. The summed E-state index contributed by atoms with van der Waals surface area (Å²) >= 11 is 0. The summed E-state index contributed by atoms with van der Waals surface area (Å²) in [7, 11) is 0. The topological polar surface area (TPSA) is 50.9 Å². The van der Waals surface area contributed by atoms with Gasteiger partial charge in [-0.1, -0.05) is 12.1 Å². The van der Waals surface area contributed by atoms with Crippen molar-refractivity contribution in [3.05, 3.63) is 71.9 Å². The first-order valence-electron chi connectivity index (χ1n) is 7.10. The summed E-state index contributed by atoms with van der Waals surface area (Å²) in [5, 5.41) is 13.2. The fourth-order valence-electron chi connectivity index (χ4n) is 2.32. The highest BCUT2D eigenvalue weighted by atomic mass is 19.1. The van der Waals surface area contributed by atoms with Crippen LogP contribution in [0.25, 0.3) is 11.3 Å². The highest BCUT2D eigenvalue weighted by Gasteiger charge is 2.10. The number of aromatic nitrogens is 3. The van der Waals surface area contributed by atoms with Gasteiger partial charge in [0.1, 0.15) is 18.5 Å². The molecule has 114 valence electrons. The van der Waals surface area contributed by atoms with Gasteiger partial charge in [0.25, 0.3) is 0 Å². The largest absolute Gasteiger partial charge is 0.462 e. The number of hydrogen-bond donors (Lipinski definition) is 1. The summed E-state index contributed by atoms with van der Waals surface area (Å²) in [4.78, 5) is 4.00. The molecule has 0 amide bonds. The van der Waals surface area contributed by atoms with Crippen LogP contribution >= 0.6 is 0 Å². The van der Waals surface area contributed by atoms with Crippen molar-refractivity contribution in [1.82, 2.24) is 14.8 Å². The van der Waals surface area contributed by atoms with Crippen LogP contribution in [-0.4, -0.2) is 19.9 Å². The van der Waals surface area contributed by atoms with Crippen molar-refractivity contribution in [1.29, 1.82) is 0 Å². The molecule has 1 aromatic carbocycles. The predicted molar refractivity (Wildman–Crippen MR) is 84.4 cm³/mol. The van der Waals surface area contributed by atoms with E-state index in [9.17, 15) is 4.39 Å². The van der Waals surface area contributed by atoms with Crippen LogP contribution in [-0.2, 0) is 13.0 Å². The van der Waals surface area contributed by atoms with Crippen molar-refractivity contribution in [2.75, 3.05) is 0 Å². The molecule has 0 spiro atoms. The molecule has 4 nitrogen and oxygen atoms in total. The molecule has 2 heterocycles. The van der Waals surface area contributed by atoms with Crippen molar-refractivity contribution >= 4 is 0 Å². The highest BCUT2D eigenvalue weighted by Crippen LogP contribution is 2.20. The molecule has 0 bridgehead atoms. The number of aliphatic hydroxyl groups is 1. The van der Waals surface area contributed by atoms with Crippen LogP contribution in [0, 0.1) is 17.8 Å². The van der Waals surface area contributed by atoms with Crippen molar-refractivity contribution in [3.63, 3.8) is 0 Å². The number of halogens is 1. The average Bonchev–Trinajstić information content (AvgIpc) is 2.99. The normalized spacial score (nSPS) is 10.1. The maximum Gasteiger partial charge on any atom is 0.123 e. The molecule has 0 aliphatic heterocycles. The molecule has 1 N–H and O–H groups in total. The maximum atomic E-state index is 13.0. The average molecular weight is 307 g/mol. The maximum absolute atomic E-state index is 13.0. The van der Waals surface area contributed by atoms with Gasteiger partial charge in [0, 0.05) is 30.1 Å². The first kappa shape index (κ1) is 14.8. The van der Waals surface area contributed by atoms with E-state index in [1.165, 1.54) is 12.1 Å². The summed E-state index contributed by atoms with van der Waals surface area (Å²) in [5.74, 6) is 2.34. The summed E-state index contributed by atoms with van der Waals surface area (Å²) in [5.41, 5.74) is 3.68. The molecule has 0 radical (unpaired) electrons. The lowest BCUT2D eigenvalue weighted by atomic mass is 10.1. The molecule has 0 fully saturated rings. The minimum Gasteiger partial charge on any atom is -0.462 e. The standard InChI is InChI=1S/C18H14FN3O/c19-16-4-2-14(3-5-16)12-17-13-18(15-6-8-20-9-7-15)21-22(17)10-1-11-23/h2-9,13,23H,10,12H2. The molecule has 0 aliphatic carbocycles. The zero-order chi connectivity index (χ0) is 16.1. The second-order valence-corrected chi connectivity index (χ2v) is 5.01. The van der Waals surface area contributed by atoms with Crippen LogP contribution < -0.4 is 0 Å². The number of rotatable bonds is 4. The van der Waals surface area contributed by atoms with Gasteiger partial charge in [0.05, 0.1) is 5.69 Å². The van der Waals surface area contributed by atoms with Gasteiger partial charge < -0.3 is 5.11 Å². The van der Waals surface area contributed by atoms with E-state index in [0.29, 0.717) is 6.42 Å². The molecule has 0 saturated carbocycles. The Morgan fingerprint density at radius 1 is 1.09 bits per heavy atom. The first-order chi connectivity index (χ1) is 11.3. The van der Waals surface area contributed by atoms with Crippen LogP contribution in [0.2, 0.25) is 0 Å². The Morgan fingerprint density at radius 2 is 1.83 bits per heavy atom. The Labute approximate surface area is 133 Å². The Hall–Kier alpha value is -3.13. The van der Waals surface area contributed by atoms with Gasteiger partial charge >= 0.3 is 0 Å². The van der Waals surface area contributed by atoms with Crippen molar-refractivity contribution in [2.45, 2.75) is 13.0 Å². The lowest BCUT2D eigenvalue weighted by molar-refractivity contribution is 0.514. The zero-order valence-electron chi connectivity index (χ0n) is 12.3. The molecule has 3 aromatic rings. The minimum atomic E-state index is -0.258. The fraction of sp³-hybridized carbons (Fsp3) is 0.111. The van der Waals surface area contributed by atoms with E-state index in [2.05, 4.69) is 16.0 Å². The molecule has 5 heteroatoms. The van der Waals surface area contributed by atoms with Gasteiger partial charge in [-0.2, -0.15) is 5.10 Å². The molecule has 0 saturated heterocycles. The fourth-order valence-corrected chi connectivity index (χ4v) is 2.32. The Kier molecular flexibility index (Phi) is 4.34. The third kappa shape index (κ3) is 3.55. The molecule has 0 unspecified atom stereocenters. The number of pyridine rings is 1. The lowest BCUT2D eigenvalue weighted by Crippen LogP contribution is -2.04. The van der Waals surface area contributed by atoms with Gasteiger partial charge in [0.2, 0.25) is 0 Å². The van der Waals surface area contributed by atoms with Crippen molar-refractivity contribution in [3.8, 4) is 23.3 Å². The quantitative estimate of drug-likeness (QED) is 0.754. The number of aliphatic hydroxyl groups excluding tert-OH is 1. The summed E-state index contributed by atoms with van der Waals surface area (Å²) < 4.78 is 14.8. The predicted octanol–water partition coefficient (Wildman–Crippen LogP) is 3.01. The summed E-state index contributed by atoms with van der Waals surface area (Å²) in [6.45, 7) is 0.290.